The lowest BCUT2D eigenvalue weighted by Crippen LogP contribution is -2.37. The van der Waals surface area contributed by atoms with Gasteiger partial charge in [-0.2, -0.15) is 0 Å². The number of fused-ring (bicyclic) bond motifs is 2. The SMILES string of the molecule is CN(C)CC(NC(=O)Cn1c2ccccc2c(=O)c2ccccc21)c1ccccc1. The average Bonchev–Trinajstić information content (AvgIpc) is 2.76. The predicted octanol–water partition coefficient (Wildman–Crippen LogP) is 3.57. The van der Waals surface area contributed by atoms with Gasteiger partial charge in [0.05, 0.1) is 17.1 Å². The Bertz CT molecular complexity index is 1190. The first-order valence-electron chi connectivity index (χ1n) is 10.0. The fraction of sp³-hybridized carbons (Fsp3) is 0.200. The molecule has 0 aliphatic carbocycles. The lowest BCUT2D eigenvalue weighted by Gasteiger charge is -2.24. The summed E-state index contributed by atoms with van der Waals surface area (Å²) in [4.78, 5) is 28.1. The summed E-state index contributed by atoms with van der Waals surface area (Å²) in [5, 5.41) is 4.42. The van der Waals surface area contributed by atoms with E-state index < -0.39 is 0 Å². The number of hydrogen-bond donors (Lipinski definition) is 1. The minimum absolute atomic E-state index is 0.00683. The van der Waals surface area contributed by atoms with Crippen molar-refractivity contribution in [2.24, 2.45) is 0 Å². The minimum atomic E-state index is -0.120. The third kappa shape index (κ3) is 3.98. The van der Waals surface area contributed by atoms with E-state index in [2.05, 4.69) is 10.2 Å². The zero-order valence-corrected chi connectivity index (χ0v) is 17.2. The average molecular weight is 399 g/mol. The van der Waals surface area contributed by atoms with E-state index in [1.165, 1.54) is 0 Å². The van der Waals surface area contributed by atoms with E-state index in [4.69, 9.17) is 0 Å². The van der Waals surface area contributed by atoms with Gasteiger partial charge in [-0.1, -0.05) is 54.6 Å². The van der Waals surface area contributed by atoms with Crippen molar-refractivity contribution in [3.8, 4) is 0 Å². The number of nitrogens with one attached hydrogen (secondary N) is 1. The third-order valence-corrected chi connectivity index (χ3v) is 5.27. The Morgan fingerprint density at radius 3 is 1.97 bits per heavy atom. The highest BCUT2D eigenvalue weighted by Gasteiger charge is 2.18. The molecule has 1 aromatic heterocycles. The number of benzene rings is 3. The molecule has 0 fully saturated rings. The lowest BCUT2D eigenvalue weighted by atomic mass is 10.1. The number of hydrogen-bond acceptors (Lipinski definition) is 3. The number of carbonyl (C=O) groups is 1. The van der Waals surface area contributed by atoms with Crippen LogP contribution in [-0.4, -0.2) is 36.0 Å². The van der Waals surface area contributed by atoms with E-state index in [1.807, 2.05) is 97.5 Å². The van der Waals surface area contributed by atoms with E-state index in [0.717, 1.165) is 16.6 Å². The van der Waals surface area contributed by atoms with Crippen LogP contribution in [0, 0.1) is 0 Å². The number of carbonyl (C=O) groups excluding carboxylic acids is 1. The Hall–Kier alpha value is -3.44. The van der Waals surface area contributed by atoms with Crippen LogP contribution in [0.25, 0.3) is 21.8 Å². The molecule has 152 valence electrons. The molecule has 3 aromatic carbocycles. The molecular formula is C25H25N3O2. The molecular weight excluding hydrogens is 374 g/mol. The maximum Gasteiger partial charge on any atom is 0.240 e. The Morgan fingerprint density at radius 2 is 1.40 bits per heavy atom. The highest BCUT2D eigenvalue weighted by Crippen LogP contribution is 2.20. The molecule has 4 aromatic rings. The smallest absolute Gasteiger partial charge is 0.240 e. The van der Waals surface area contributed by atoms with Crippen molar-refractivity contribution in [2.45, 2.75) is 12.6 Å². The number of para-hydroxylation sites is 2. The second-order valence-corrected chi connectivity index (χ2v) is 7.74. The summed E-state index contributed by atoms with van der Waals surface area (Å²) in [6.07, 6.45) is 0. The van der Waals surface area contributed by atoms with Crippen LogP contribution in [-0.2, 0) is 11.3 Å². The van der Waals surface area contributed by atoms with Crippen LogP contribution in [0.3, 0.4) is 0 Å². The van der Waals surface area contributed by atoms with Gasteiger partial charge >= 0.3 is 0 Å². The molecule has 5 heteroatoms. The molecule has 30 heavy (non-hydrogen) atoms. The first-order chi connectivity index (χ1) is 14.5. The van der Waals surface area contributed by atoms with Gasteiger partial charge in [0, 0.05) is 17.3 Å². The van der Waals surface area contributed by atoms with Crippen molar-refractivity contribution in [3.05, 3.63) is 94.6 Å². The Labute approximate surface area is 175 Å². The molecule has 0 aliphatic heterocycles. The quantitative estimate of drug-likeness (QED) is 0.504. The van der Waals surface area contributed by atoms with Crippen molar-refractivity contribution in [1.82, 2.24) is 14.8 Å². The first-order valence-corrected chi connectivity index (χ1v) is 10.0. The van der Waals surface area contributed by atoms with Crippen LogP contribution in [0.4, 0.5) is 0 Å². The fourth-order valence-electron chi connectivity index (χ4n) is 3.92. The van der Waals surface area contributed by atoms with Gasteiger partial charge in [-0.05, 0) is 43.9 Å². The predicted molar refractivity (Wildman–Crippen MR) is 122 cm³/mol. The summed E-state index contributed by atoms with van der Waals surface area (Å²) in [6, 6.07) is 24.8. The molecule has 0 bridgehead atoms. The summed E-state index contributed by atoms with van der Waals surface area (Å²) < 4.78 is 1.93. The number of likely N-dealkylation sites (N-methyl/N-ethyl adjacent to an activating group) is 1. The van der Waals surface area contributed by atoms with E-state index in [0.29, 0.717) is 17.3 Å². The number of rotatable bonds is 6. The van der Waals surface area contributed by atoms with E-state index in [-0.39, 0.29) is 23.9 Å². The number of aromatic nitrogens is 1. The van der Waals surface area contributed by atoms with Crippen LogP contribution in [0.15, 0.2) is 83.7 Å². The molecule has 0 aliphatic rings. The largest absolute Gasteiger partial charge is 0.346 e. The van der Waals surface area contributed by atoms with Gasteiger partial charge < -0.3 is 14.8 Å². The molecule has 1 heterocycles. The van der Waals surface area contributed by atoms with Crippen LogP contribution in [0.1, 0.15) is 11.6 Å². The molecule has 5 nitrogen and oxygen atoms in total. The fourth-order valence-corrected chi connectivity index (χ4v) is 3.92. The van der Waals surface area contributed by atoms with Crippen molar-refractivity contribution in [2.75, 3.05) is 20.6 Å². The molecule has 1 unspecified atom stereocenters. The lowest BCUT2D eigenvalue weighted by molar-refractivity contribution is -0.122. The molecule has 4 rings (SSSR count). The summed E-state index contributed by atoms with van der Waals surface area (Å²) in [5.41, 5.74) is 2.59. The maximum atomic E-state index is 13.1. The van der Waals surface area contributed by atoms with Gasteiger partial charge in [-0.3, -0.25) is 9.59 Å². The molecule has 0 saturated carbocycles. The zero-order chi connectivity index (χ0) is 21.1. The Balaban J connectivity index is 1.72. The first kappa shape index (κ1) is 19.9. The van der Waals surface area contributed by atoms with Crippen LogP contribution in [0.2, 0.25) is 0 Å². The second-order valence-electron chi connectivity index (χ2n) is 7.74. The van der Waals surface area contributed by atoms with Crippen molar-refractivity contribution in [1.29, 1.82) is 0 Å². The van der Waals surface area contributed by atoms with E-state index in [1.54, 1.807) is 0 Å². The van der Waals surface area contributed by atoms with Crippen molar-refractivity contribution in [3.63, 3.8) is 0 Å². The Morgan fingerprint density at radius 1 is 0.867 bits per heavy atom. The standard InChI is InChI=1S/C25H25N3O2/c1-27(2)16-21(18-10-4-3-5-11-18)26-24(29)17-28-22-14-8-6-12-19(22)25(30)20-13-7-9-15-23(20)28/h3-15,21H,16-17H2,1-2H3,(H,26,29). The highest BCUT2D eigenvalue weighted by molar-refractivity contribution is 5.94. The van der Waals surface area contributed by atoms with Gasteiger partial charge in [-0.25, -0.2) is 0 Å². The maximum absolute atomic E-state index is 13.1. The summed E-state index contributed by atoms with van der Waals surface area (Å²) in [5.74, 6) is -0.0929. The highest BCUT2D eigenvalue weighted by atomic mass is 16.2. The topological polar surface area (TPSA) is 54.3 Å². The summed E-state index contributed by atoms with van der Waals surface area (Å²) in [7, 11) is 3.98. The van der Waals surface area contributed by atoms with E-state index >= 15 is 0 Å². The van der Waals surface area contributed by atoms with Crippen molar-refractivity contribution < 1.29 is 4.79 Å². The van der Waals surface area contributed by atoms with Gasteiger partial charge in [-0.15, -0.1) is 0 Å². The number of pyridine rings is 1. The van der Waals surface area contributed by atoms with Crippen LogP contribution >= 0.6 is 0 Å². The monoisotopic (exact) mass is 399 g/mol. The molecule has 0 spiro atoms. The third-order valence-electron chi connectivity index (χ3n) is 5.27. The molecule has 0 saturated heterocycles. The van der Waals surface area contributed by atoms with Gasteiger partial charge in [0.25, 0.3) is 0 Å². The van der Waals surface area contributed by atoms with Crippen molar-refractivity contribution >= 4 is 27.7 Å². The van der Waals surface area contributed by atoms with E-state index in [9.17, 15) is 9.59 Å². The second kappa shape index (κ2) is 8.51. The van der Waals surface area contributed by atoms with Crippen LogP contribution < -0.4 is 10.7 Å². The zero-order valence-electron chi connectivity index (χ0n) is 17.2. The summed E-state index contributed by atoms with van der Waals surface area (Å²) in [6.45, 7) is 0.833. The molecule has 0 radical (unpaired) electrons. The van der Waals surface area contributed by atoms with Gasteiger partial charge in [0.2, 0.25) is 5.91 Å². The minimum Gasteiger partial charge on any atom is -0.346 e. The number of nitrogens with zero attached hydrogens (tertiary/aromatic N) is 2. The molecule has 1 N–H and O–H groups in total. The van der Waals surface area contributed by atoms with Crippen LogP contribution in [0.5, 0.6) is 0 Å². The normalized spacial score (nSPS) is 12.4. The molecule has 1 amide bonds. The van der Waals surface area contributed by atoms with Gasteiger partial charge in [0.15, 0.2) is 5.43 Å². The summed E-state index contributed by atoms with van der Waals surface area (Å²) >= 11 is 0. The van der Waals surface area contributed by atoms with Gasteiger partial charge in [0.1, 0.15) is 6.54 Å². The molecule has 1 atom stereocenters. The Kier molecular flexibility index (Phi) is 5.63. The number of amides is 1.